The van der Waals surface area contributed by atoms with Crippen LogP contribution in [-0.2, 0) is 17.9 Å². The van der Waals surface area contributed by atoms with Crippen LogP contribution >= 0.6 is 0 Å². The minimum Gasteiger partial charge on any atom is -0.489 e. The molecule has 7 heteroatoms. The second-order valence-electron chi connectivity index (χ2n) is 13.0. The highest BCUT2D eigenvalue weighted by Crippen LogP contribution is 2.29. The Balaban J connectivity index is 1.23. The predicted molar refractivity (Wildman–Crippen MR) is 181 cm³/mol. The zero-order valence-corrected chi connectivity index (χ0v) is 27.1. The highest BCUT2D eigenvalue weighted by molar-refractivity contribution is 5.87. The number of ether oxygens (including phenoxy) is 1. The molecule has 1 N–H and O–H groups in total. The number of carbonyl (C=O) groups excluding carboxylic acids is 2. The van der Waals surface area contributed by atoms with Gasteiger partial charge in [0.25, 0.3) is 0 Å². The minimum absolute atomic E-state index is 0.0554. The number of amides is 3. The molecule has 0 aliphatic carbocycles. The smallest absolute Gasteiger partial charge is 0.318 e. The summed E-state index contributed by atoms with van der Waals surface area (Å²) in [5.41, 5.74) is 3.55. The van der Waals surface area contributed by atoms with E-state index in [9.17, 15) is 9.59 Å². The monoisotopic (exact) mass is 610 g/mol. The lowest BCUT2D eigenvalue weighted by Crippen LogP contribution is -2.55. The van der Waals surface area contributed by atoms with Crippen LogP contribution in [0.4, 0.5) is 10.5 Å². The van der Waals surface area contributed by atoms with E-state index >= 15 is 0 Å². The number of piperidine rings is 1. The van der Waals surface area contributed by atoms with Gasteiger partial charge < -0.3 is 24.8 Å². The number of carbonyl (C=O) groups is 2. The molecule has 0 saturated carbocycles. The standard InChI is InChI=1S/C38H50N4O3/c1-30(2)27-36(39-38(44)41-23-11-3-4-12-24-41)37(43)40-25-21-34(22-26-40)42(28-31-13-7-5-8-14-31)33-17-19-35(20-18-33)45-29-32-15-9-6-10-16-32/h5-10,13-20,30,34,36H,3-4,11-12,21-29H2,1-2H3,(H,39,44)/t36-/m0/s1. The summed E-state index contributed by atoms with van der Waals surface area (Å²) >= 11 is 0. The van der Waals surface area contributed by atoms with Crippen LogP contribution < -0.4 is 15.0 Å². The molecule has 0 bridgehead atoms. The largest absolute Gasteiger partial charge is 0.489 e. The Kier molecular flexibility index (Phi) is 11.8. The van der Waals surface area contributed by atoms with Crippen LogP contribution in [0.15, 0.2) is 84.9 Å². The molecule has 0 unspecified atom stereocenters. The molecule has 45 heavy (non-hydrogen) atoms. The van der Waals surface area contributed by atoms with E-state index < -0.39 is 6.04 Å². The molecule has 1 atom stereocenters. The number of urea groups is 1. The van der Waals surface area contributed by atoms with Gasteiger partial charge in [0.2, 0.25) is 5.91 Å². The minimum atomic E-state index is -0.485. The summed E-state index contributed by atoms with van der Waals surface area (Å²) in [5.74, 6) is 1.21. The lowest BCUT2D eigenvalue weighted by Gasteiger charge is -2.41. The molecule has 240 valence electrons. The molecule has 3 aromatic carbocycles. The van der Waals surface area contributed by atoms with Gasteiger partial charge in [-0.3, -0.25) is 4.79 Å². The van der Waals surface area contributed by atoms with Crippen molar-refractivity contribution < 1.29 is 14.3 Å². The van der Waals surface area contributed by atoms with E-state index in [0.717, 1.165) is 62.3 Å². The number of anilines is 1. The predicted octanol–water partition coefficient (Wildman–Crippen LogP) is 7.26. The summed E-state index contributed by atoms with van der Waals surface area (Å²) in [7, 11) is 0. The highest BCUT2D eigenvalue weighted by atomic mass is 16.5. The van der Waals surface area contributed by atoms with E-state index in [4.69, 9.17) is 4.74 Å². The molecule has 0 aromatic heterocycles. The number of likely N-dealkylation sites (tertiary alicyclic amines) is 2. The second kappa shape index (κ2) is 16.4. The Morgan fingerprint density at radius 1 is 0.778 bits per heavy atom. The fourth-order valence-electron chi connectivity index (χ4n) is 6.51. The highest BCUT2D eigenvalue weighted by Gasteiger charge is 2.33. The summed E-state index contributed by atoms with van der Waals surface area (Å²) in [6.45, 7) is 8.48. The molecule has 2 heterocycles. The SMILES string of the molecule is CC(C)C[C@H](NC(=O)N1CCCCCC1)C(=O)N1CCC(N(Cc2ccccc2)c2ccc(OCc3ccccc3)cc2)CC1. The number of benzene rings is 3. The normalized spacial score (nSPS) is 16.6. The Morgan fingerprint density at radius 3 is 1.98 bits per heavy atom. The van der Waals surface area contributed by atoms with Crippen molar-refractivity contribution in [1.82, 2.24) is 15.1 Å². The van der Waals surface area contributed by atoms with E-state index in [-0.39, 0.29) is 11.9 Å². The Labute approximate surface area is 269 Å². The van der Waals surface area contributed by atoms with Gasteiger partial charge >= 0.3 is 6.03 Å². The van der Waals surface area contributed by atoms with E-state index in [1.807, 2.05) is 28.0 Å². The third-order valence-electron chi connectivity index (χ3n) is 9.03. The first-order valence-electron chi connectivity index (χ1n) is 16.9. The van der Waals surface area contributed by atoms with Gasteiger partial charge in [-0.2, -0.15) is 0 Å². The summed E-state index contributed by atoms with van der Waals surface area (Å²) in [6.07, 6.45) is 6.80. The molecule has 0 radical (unpaired) electrons. The third kappa shape index (κ3) is 9.49. The van der Waals surface area contributed by atoms with E-state index in [2.05, 4.69) is 90.8 Å². The molecule has 3 aromatic rings. The number of hydrogen-bond acceptors (Lipinski definition) is 4. The molecular formula is C38H50N4O3. The van der Waals surface area contributed by atoms with Crippen molar-refractivity contribution in [3.05, 3.63) is 96.1 Å². The zero-order chi connectivity index (χ0) is 31.4. The number of hydrogen-bond donors (Lipinski definition) is 1. The molecule has 0 spiro atoms. The molecule has 2 fully saturated rings. The van der Waals surface area contributed by atoms with Gasteiger partial charge in [-0.1, -0.05) is 87.4 Å². The molecule has 5 rings (SSSR count). The molecule has 3 amide bonds. The van der Waals surface area contributed by atoms with Crippen LogP contribution in [0.1, 0.15) is 69.9 Å². The lowest BCUT2D eigenvalue weighted by molar-refractivity contribution is -0.134. The van der Waals surface area contributed by atoms with Gasteiger partial charge in [-0.25, -0.2) is 4.79 Å². The maximum atomic E-state index is 13.8. The van der Waals surface area contributed by atoms with Crippen LogP contribution in [0.2, 0.25) is 0 Å². The van der Waals surface area contributed by atoms with Crippen molar-refractivity contribution in [2.45, 2.75) is 84.0 Å². The second-order valence-corrected chi connectivity index (χ2v) is 13.0. The van der Waals surface area contributed by atoms with Crippen LogP contribution in [0.25, 0.3) is 0 Å². The Bertz CT molecular complexity index is 1320. The van der Waals surface area contributed by atoms with E-state index in [0.29, 0.717) is 38.1 Å². The summed E-state index contributed by atoms with van der Waals surface area (Å²) in [5, 5.41) is 3.13. The molecule has 7 nitrogen and oxygen atoms in total. The Morgan fingerprint density at radius 2 is 1.38 bits per heavy atom. The lowest BCUT2D eigenvalue weighted by atomic mass is 9.98. The average Bonchev–Trinajstić information content (AvgIpc) is 3.37. The molecule has 2 aliphatic rings. The van der Waals surface area contributed by atoms with Gasteiger partial charge in [-0.15, -0.1) is 0 Å². The number of nitrogens with zero attached hydrogens (tertiary/aromatic N) is 3. The number of nitrogens with one attached hydrogen (secondary N) is 1. The first-order chi connectivity index (χ1) is 22.0. The van der Waals surface area contributed by atoms with Crippen molar-refractivity contribution in [3.8, 4) is 5.75 Å². The average molecular weight is 611 g/mol. The fraction of sp³-hybridized carbons (Fsp3) is 0.474. The van der Waals surface area contributed by atoms with Crippen molar-refractivity contribution >= 4 is 17.6 Å². The zero-order valence-electron chi connectivity index (χ0n) is 27.1. The van der Waals surface area contributed by atoms with Crippen molar-refractivity contribution in [2.24, 2.45) is 5.92 Å². The van der Waals surface area contributed by atoms with Gasteiger partial charge in [0, 0.05) is 44.5 Å². The quantitative estimate of drug-likeness (QED) is 0.248. The topological polar surface area (TPSA) is 65.1 Å². The molecule has 2 saturated heterocycles. The van der Waals surface area contributed by atoms with E-state index in [1.54, 1.807) is 0 Å². The van der Waals surface area contributed by atoms with Crippen molar-refractivity contribution in [3.63, 3.8) is 0 Å². The van der Waals surface area contributed by atoms with Crippen molar-refractivity contribution in [2.75, 3.05) is 31.1 Å². The fourth-order valence-corrected chi connectivity index (χ4v) is 6.51. The first kappa shape index (κ1) is 32.4. The van der Waals surface area contributed by atoms with Gasteiger partial charge in [0.1, 0.15) is 18.4 Å². The summed E-state index contributed by atoms with van der Waals surface area (Å²) in [4.78, 5) is 33.4. The Hall–Kier alpha value is -4.00. The van der Waals surface area contributed by atoms with Crippen molar-refractivity contribution in [1.29, 1.82) is 0 Å². The summed E-state index contributed by atoms with van der Waals surface area (Å²) in [6, 6.07) is 28.9. The maximum absolute atomic E-state index is 13.8. The van der Waals surface area contributed by atoms with Gasteiger partial charge in [0.05, 0.1) is 0 Å². The number of rotatable bonds is 11. The van der Waals surface area contributed by atoms with Crippen LogP contribution in [0, 0.1) is 5.92 Å². The maximum Gasteiger partial charge on any atom is 0.318 e. The third-order valence-corrected chi connectivity index (χ3v) is 9.03. The van der Waals surface area contributed by atoms with Crippen LogP contribution in [-0.4, -0.2) is 60.0 Å². The van der Waals surface area contributed by atoms with Crippen LogP contribution in [0.3, 0.4) is 0 Å². The van der Waals surface area contributed by atoms with Gasteiger partial charge in [0.15, 0.2) is 0 Å². The molecular weight excluding hydrogens is 560 g/mol. The van der Waals surface area contributed by atoms with Gasteiger partial charge in [-0.05, 0) is 73.4 Å². The summed E-state index contributed by atoms with van der Waals surface area (Å²) < 4.78 is 6.06. The first-order valence-corrected chi connectivity index (χ1v) is 16.9. The molecule has 2 aliphatic heterocycles. The van der Waals surface area contributed by atoms with E-state index in [1.165, 1.54) is 18.4 Å². The van der Waals surface area contributed by atoms with Crippen LogP contribution in [0.5, 0.6) is 5.75 Å².